The van der Waals surface area contributed by atoms with Gasteiger partial charge in [0.05, 0.1) is 28.8 Å². The third-order valence-electron chi connectivity index (χ3n) is 5.84. The lowest BCUT2D eigenvalue weighted by molar-refractivity contribution is 0.0201. The molecule has 2 aromatic carbocycles. The lowest BCUT2D eigenvalue weighted by atomic mass is 10.1. The molecular weight excluding hydrogens is 572 g/mol. The first-order valence-corrected chi connectivity index (χ1v) is 15.8. The number of benzene rings is 2. The average molecular weight is 605 g/mol. The van der Waals surface area contributed by atoms with Crippen LogP contribution in [0.2, 0.25) is 0 Å². The molecule has 0 radical (unpaired) electrons. The van der Waals surface area contributed by atoms with Crippen LogP contribution in [0.1, 0.15) is 50.5 Å². The third kappa shape index (κ3) is 6.96. The van der Waals surface area contributed by atoms with Gasteiger partial charge in [-0.2, -0.15) is 0 Å². The monoisotopic (exact) mass is 604 g/mol. The van der Waals surface area contributed by atoms with Crippen LogP contribution in [0.15, 0.2) is 48.3 Å². The Labute approximate surface area is 242 Å². The fraction of sp³-hybridized carbons (Fsp3) is 0.393. The van der Waals surface area contributed by atoms with Gasteiger partial charge in [-0.05, 0) is 63.1 Å². The minimum atomic E-state index is -3.42. The number of carbonyl (C=O) groups is 3. The minimum Gasteiger partial charge on any atom is -0.493 e. The van der Waals surface area contributed by atoms with Gasteiger partial charge in [0.2, 0.25) is 0 Å². The number of para-hydroxylation sites is 1. The van der Waals surface area contributed by atoms with E-state index >= 15 is 0 Å². The molecule has 0 unspecified atom stereocenters. The number of allylic oxidation sites excluding steroid dienone is 1. The quantitative estimate of drug-likeness (QED) is 0.237. The number of hydrogen-bond acceptors (Lipinski definition) is 10. The van der Waals surface area contributed by atoms with Crippen molar-refractivity contribution in [3.8, 4) is 11.5 Å². The first-order chi connectivity index (χ1) is 19.0. The van der Waals surface area contributed by atoms with Gasteiger partial charge < -0.3 is 18.9 Å². The fourth-order valence-electron chi connectivity index (χ4n) is 4.40. The van der Waals surface area contributed by atoms with Gasteiger partial charge in [0, 0.05) is 30.6 Å². The largest absolute Gasteiger partial charge is 0.514 e. The molecule has 2 aromatic rings. The van der Waals surface area contributed by atoms with Crippen molar-refractivity contribution in [2.75, 3.05) is 29.8 Å². The van der Waals surface area contributed by atoms with Crippen molar-refractivity contribution in [3.05, 3.63) is 59.4 Å². The Kier molecular flexibility index (Phi) is 8.07. The third-order valence-corrected chi connectivity index (χ3v) is 8.98. The molecule has 2 aliphatic heterocycles. The van der Waals surface area contributed by atoms with Crippen molar-refractivity contribution in [1.82, 2.24) is 0 Å². The van der Waals surface area contributed by atoms with Gasteiger partial charge in [-0.25, -0.2) is 18.0 Å². The molecule has 2 aliphatic rings. The van der Waals surface area contributed by atoms with Gasteiger partial charge in [0.1, 0.15) is 12.2 Å². The molecule has 13 heteroatoms. The van der Waals surface area contributed by atoms with E-state index < -0.39 is 37.4 Å². The Morgan fingerprint density at radius 1 is 1.02 bits per heavy atom. The maximum Gasteiger partial charge on any atom is 0.514 e. The summed E-state index contributed by atoms with van der Waals surface area (Å²) in [5, 5.41) is 0. The van der Waals surface area contributed by atoms with Crippen LogP contribution in [0, 0.1) is 0 Å². The number of anilines is 2. The zero-order valence-electron chi connectivity index (χ0n) is 23.8. The number of hydrogen-bond donors (Lipinski definition) is 0. The predicted molar refractivity (Wildman–Crippen MR) is 155 cm³/mol. The van der Waals surface area contributed by atoms with E-state index in [0.29, 0.717) is 28.6 Å². The molecular formula is C28H32N2O9S2. The summed E-state index contributed by atoms with van der Waals surface area (Å²) in [6, 6.07) is 10.1. The highest BCUT2D eigenvalue weighted by molar-refractivity contribution is 8.72. The molecule has 0 saturated heterocycles. The smallest absolute Gasteiger partial charge is 0.493 e. The van der Waals surface area contributed by atoms with Crippen molar-refractivity contribution in [2.24, 2.45) is 0 Å². The average Bonchev–Trinajstić information content (AvgIpc) is 3.15. The van der Waals surface area contributed by atoms with Crippen LogP contribution in [0.4, 0.5) is 21.0 Å². The number of nitrogens with zero attached hydrogens (tertiary/aromatic N) is 2. The molecule has 0 aliphatic carbocycles. The molecule has 4 rings (SSSR count). The molecule has 2 heterocycles. The molecule has 0 fully saturated rings. The van der Waals surface area contributed by atoms with E-state index in [1.54, 1.807) is 34.6 Å². The van der Waals surface area contributed by atoms with E-state index in [0.717, 1.165) is 16.7 Å². The zero-order chi connectivity index (χ0) is 30.3. The van der Waals surface area contributed by atoms with Crippen LogP contribution < -0.4 is 19.3 Å². The summed E-state index contributed by atoms with van der Waals surface area (Å²) in [5.41, 5.74) is 1.41. The Bertz CT molecular complexity index is 1540. The number of carbonyl (C=O) groups excluding carboxylic acids is 3. The lowest BCUT2D eigenvalue weighted by Gasteiger charge is -2.25. The summed E-state index contributed by atoms with van der Waals surface area (Å²) in [4.78, 5) is 42.7. The van der Waals surface area contributed by atoms with Crippen LogP contribution in [-0.4, -0.2) is 56.9 Å². The normalized spacial score (nSPS) is 14.8. The molecule has 0 spiro atoms. The summed E-state index contributed by atoms with van der Waals surface area (Å²) in [6.07, 6.45) is 1.08. The summed E-state index contributed by atoms with van der Waals surface area (Å²) in [6.45, 7) is 8.07. The van der Waals surface area contributed by atoms with Gasteiger partial charge in [-0.1, -0.05) is 18.2 Å². The van der Waals surface area contributed by atoms with E-state index in [-0.39, 0.29) is 29.4 Å². The molecule has 0 N–H and O–H groups in total. The molecule has 220 valence electrons. The van der Waals surface area contributed by atoms with Gasteiger partial charge >= 0.3 is 12.2 Å². The standard InChI is InChI=1S/C28H32N2O9S2/c1-27(2,3)39-26(33)38-23-14-21-19(13-22(23)36-6)24(31)30-18(12-17-10-8-9-11-20(17)30)15-29(21)25(32)37-16-28(4,5)40-41(7,34)35/h8-11,13-15H,12,16H2,1-7H3. The first kappa shape index (κ1) is 30.3. The second-order valence-electron chi connectivity index (χ2n) is 11.1. The second-order valence-corrected chi connectivity index (χ2v) is 16.1. The molecule has 11 nitrogen and oxygen atoms in total. The SMILES string of the molecule is COc1cc2c(cc1OC(=O)OC(C)(C)C)N(C(=O)OCC(C)(C)SS(C)(=O)=O)C=C1Cc3ccccc3N1C2=O. The number of fused-ring (bicyclic) bond motifs is 4. The van der Waals surface area contributed by atoms with Crippen LogP contribution in [0.3, 0.4) is 0 Å². The van der Waals surface area contributed by atoms with Crippen LogP contribution in [0.5, 0.6) is 11.5 Å². The summed E-state index contributed by atoms with van der Waals surface area (Å²) in [7, 11) is -1.39. The highest BCUT2D eigenvalue weighted by Crippen LogP contribution is 2.43. The van der Waals surface area contributed by atoms with Crippen LogP contribution in [-0.2, 0) is 24.8 Å². The van der Waals surface area contributed by atoms with Crippen LogP contribution in [0.25, 0.3) is 0 Å². The highest BCUT2D eigenvalue weighted by Gasteiger charge is 2.38. The Balaban J connectivity index is 1.79. The minimum absolute atomic E-state index is 0.0675. The number of methoxy groups -OCH3 is 1. The highest BCUT2D eigenvalue weighted by atomic mass is 33.1. The van der Waals surface area contributed by atoms with E-state index in [1.165, 1.54) is 30.3 Å². The second kappa shape index (κ2) is 10.9. The topological polar surface area (TPSA) is 129 Å². The van der Waals surface area contributed by atoms with E-state index in [2.05, 4.69) is 0 Å². The van der Waals surface area contributed by atoms with Crippen molar-refractivity contribution >= 4 is 49.2 Å². The van der Waals surface area contributed by atoms with Gasteiger partial charge in [0.15, 0.2) is 20.4 Å². The maximum atomic E-state index is 14.0. The molecule has 41 heavy (non-hydrogen) atoms. The van der Waals surface area contributed by atoms with Gasteiger partial charge in [-0.15, -0.1) is 0 Å². The molecule has 0 bridgehead atoms. The van der Waals surface area contributed by atoms with Crippen molar-refractivity contribution < 1.29 is 41.7 Å². The van der Waals surface area contributed by atoms with Gasteiger partial charge in [-0.3, -0.25) is 14.6 Å². The molecule has 2 amide bonds. The van der Waals surface area contributed by atoms with Crippen molar-refractivity contribution in [3.63, 3.8) is 0 Å². The number of rotatable bonds is 6. The number of amides is 2. The van der Waals surface area contributed by atoms with E-state index in [4.69, 9.17) is 18.9 Å². The van der Waals surface area contributed by atoms with E-state index in [1.807, 2.05) is 24.3 Å². The Morgan fingerprint density at radius 3 is 2.34 bits per heavy atom. The van der Waals surface area contributed by atoms with Crippen LogP contribution >= 0.6 is 10.8 Å². The molecule has 0 saturated carbocycles. The summed E-state index contributed by atoms with van der Waals surface area (Å²) >= 11 is 0. The zero-order valence-corrected chi connectivity index (χ0v) is 25.5. The molecule has 0 atom stereocenters. The van der Waals surface area contributed by atoms with Crippen molar-refractivity contribution in [1.29, 1.82) is 0 Å². The lowest BCUT2D eigenvalue weighted by Crippen LogP contribution is -2.33. The van der Waals surface area contributed by atoms with E-state index in [9.17, 15) is 22.8 Å². The fourth-order valence-corrected chi connectivity index (χ4v) is 7.93. The first-order valence-electron chi connectivity index (χ1n) is 12.6. The van der Waals surface area contributed by atoms with Gasteiger partial charge in [0.25, 0.3) is 5.91 Å². The number of ether oxygens (including phenoxy) is 4. The molecule has 0 aromatic heterocycles. The van der Waals surface area contributed by atoms with Crippen molar-refractivity contribution in [2.45, 2.75) is 51.4 Å². The summed E-state index contributed by atoms with van der Waals surface area (Å²) < 4.78 is 44.4. The Morgan fingerprint density at radius 2 is 1.71 bits per heavy atom. The maximum absolute atomic E-state index is 14.0. The predicted octanol–water partition coefficient (Wildman–Crippen LogP) is 5.48. The summed E-state index contributed by atoms with van der Waals surface area (Å²) in [5.74, 6) is -0.445. The Hall–Kier alpha value is -3.71.